The first-order valence-electron chi connectivity index (χ1n) is 10.1. The summed E-state index contributed by atoms with van der Waals surface area (Å²) in [5.74, 6) is 0.749. The number of ether oxygens (including phenoxy) is 2. The van der Waals surface area contributed by atoms with E-state index in [0.29, 0.717) is 18.7 Å². The third-order valence-electron chi connectivity index (χ3n) is 4.80. The van der Waals surface area contributed by atoms with Gasteiger partial charge in [-0.25, -0.2) is 20.0 Å². The summed E-state index contributed by atoms with van der Waals surface area (Å²) in [5.41, 5.74) is 2.76. The van der Waals surface area contributed by atoms with Gasteiger partial charge in [0.2, 0.25) is 12.3 Å². The van der Waals surface area contributed by atoms with Crippen LogP contribution in [-0.2, 0) is 16.1 Å². The fourth-order valence-corrected chi connectivity index (χ4v) is 3.41. The fraction of sp³-hybridized carbons (Fsp3) is 0.524. The van der Waals surface area contributed by atoms with Crippen molar-refractivity contribution in [3.05, 3.63) is 48.2 Å². The molecule has 1 fully saturated rings. The number of carbonyl (C=O) groups is 2. The third-order valence-corrected chi connectivity index (χ3v) is 4.80. The standard InChI is InChI=1S/C21H28N4O5/c1-21(2,3)30-19(26)24-25(20(27)28-13-15-7-5-4-6-8-15)17-11-9-16(10-12-17)18-23-22-14-29-18/h4-8,14,16-17H,9-13H2,1-3H3,(H,24,26). The van der Waals surface area contributed by atoms with Gasteiger partial charge in [0, 0.05) is 5.92 Å². The molecule has 1 N–H and O–H groups in total. The van der Waals surface area contributed by atoms with Crippen molar-refractivity contribution >= 4 is 12.2 Å². The van der Waals surface area contributed by atoms with Crippen LogP contribution in [-0.4, -0.2) is 39.0 Å². The van der Waals surface area contributed by atoms with Crippen LogP contribution in [0.1, 0.15) is 63.8 Å². The predicted octanol–water partition coefficient (Wildman–Crippen LogP) is 4.17. The number of nitrogens with zero attached hydrogens (tertiary/aromatic N) is 3. The van der Waals surface area contributed by atoms with Crippen LogP contribution < -0.4 is 5.43 Å². The number of aromatic nitrogens is 2. The first-order valence-corrected chi connectivity index (χ1v) is 10.1. The number of hydrogen-bond donors (Lipinski definition) is 1. The highest BCUT2D eigenvalue weighted by atomic mass is 16.6. The molecule has 0 bridgehead atoms. The molecule has 1 saturated carbocycles. The largest absolute Gasteiger partial charge is 0.443 e. The first kappa shape index (κ1) is 21.6. The third kappa shape index (κ3) is 6.20. The van der Waals surface area contributed by atoms with Crippen LogP contribution in [0.5, 0.6) is 0 Å². The minimum absolute atomic E-state index is 0.115. The number of rotatable bonds is 4. The molecule has 0 unspecified atom stereocenters. The molecule has 0 radical (unpaired) electrons. The summed E-state index contributed by atoms with van der Waals surface area (Å²) in [7, 11) is 0. The van der Waals surface area contributed by atoms with Crippen molar-refractivity contribution in [1.29, 1.82) is 0 Å². The Hall–Kier alpha value is -3.10. The monoisotopic (exact) mass is 416 g/mol. The van der Waals surface area contributed by atoms with E-state index in [0.717, 1.165) is 18.4 Å². The SMILES string of the molecule is CC(C)(C)OC(=O)NN(C(=O)OCc1ccccc1)C1CCC(c2nnco2)CC1. The van der Waals surface area contributed by atoms with E-state index in [1.165, 1.54) is 11.4 Å². The summed E-state index contributed by atoms with van der Waals surface area (Å²) in [6.07, 6.45) is 2.83. The number of hydrazine groups is 1. The molecule has 3 rings (SSSR count). The molecule has 9 heteroatoms. The Kier molecular flexibility index (Phi) is 6.91. The van der Waals surface area contributed by atoms with E-state index in [2.05, 4.69) is 15.6 Å². The molecule has 0 spiro atoms. The molecule has 2 amide bonds. The van der Waals surface area contributed by atoms with Crippen LogP contribution in [0.25, 0.3) is 0 Å². The van der Waals surface area contributed by atoms with Crippen molar-refractivity contribution in [3.8, 4) is 0 Å². The summed E-state index contributed by atoms with van der Waals surface area (Å²) < 4.78 is 16.1. The molecular weight excluding hydrogens is 388 g/mol. The van der Waals surface area contributed by atoms with Gasteiger partial charge in [-0.1, -0.05) is 30.3 Å². The minimum Gasteiger partial charge on any atom is -0.443 e. The number of nitrogens with one attached hydrogen (secondary N) is 1. The smallest absolute Gasteiger partial charge is 0.429 e. The Bertz CT molecular complexity index is 812. The molecule has 2 aromatic rings. The van der Waals surface area contributed by atoms with Crippen molar-refractivity contribution in [1.82, 2.24) is 20.6 Å². The summed E-state index contributed by atoms with van der Waals surface area (Å²) >= 11 is 0. The van der Waals surface area contributed by atoms with Gasteiger partial charge in [-0.15, -0.1) is 10.2 Å². The molecule has 0 aliphatic heterocycles. The van der Waals surface area contributed by atoms with Crippen LogP contribution >= 0.6 is 0 Å². The average Bonchev–Trinajstić information content (AvgIpc) is 3.25. The molecule has 1 aliphatic rings. The van der Waals surface area contributed by atoms with E-state index in [9.17, 15) is 9.59 Å². The zero-order valence-corrected chi connectivity index (χ0v) is 17.5. The minimum atomic E-state index is -0.696. The Labute approximate surface area is 175 Å². The summed E-state index contributed by atoms with van der Waals surface area (Å²) in [6.45, 7) is 5.41. The molecule has 1 aliphatic carbocycles. The molecule has 162 valence electrons. The zero-order valence-electron chi connectivity index (χ0n) is 17.5. The zero-order chi connectivity index (χ0) is 21.6. The van der Waals surface area contributed by atoms with Crippen molar-refractivity contribution in [2.75, 3.05) is 0 Å². The van der Waals surface area contributed by atoms with Crippen LogP contribution in [0.3, 0.4) is 0 Å². The highest BCUT2D eigenvalue weighted by molar-refractivity contribution is 5.74. The molecule has 1 heterocycles. The number of benzene rings is 1. The van der Waals surface area contributed by atoms with Crippen LogP contribution in [0.4, 0.5) is 9.59 Å². The van der Waals surface area contributed by atoms with E-state index in [4.69, 9.17) is 13.9 Å². The highest BCUT2D eigenvalue weighted by Gasteiger charge is 2.34. The Morgan fingerprint density at radius 1 is 1.17 bits per heavy atom. The molecule has 9 nitrogen and oxygen atoms in total. The Morgan fingerprint density at radius 2 is 1.87 bits per heavy atom. The first-order chi connectivity index (χ1) is 14.3. The maximum atomic E-state index is 12.8. The molecule has 0 saturated heterocycles. The second kappa shape index (κ2) is 9.60. The quantitative estimate of drug-likeness (QED) is 0.745. The summed E-state index contributed by atoms with van der Waals surface area (Å²) in [4.78, 5) is 25.1. The van der Waals surface area contributed by atoms with Crippen LogP contribution in [0.2, 0.25) is 0 Å². The molecule has 30 heavy (non-hydrogen) atoms. The van der Waals surface area contributed by atoms with Gasteiger partial charge in [0.25, 0.3) is 0 Å². The van der Waals surface area contributed by atoms with Gasteiger partial charge in [0.15, 0.2) is 0 Å². The van der Waals surface area contributed by atoms with Gasteiger partial charge >= 0.3 is 12.2 Å². The lowest BCUT2D eigenvalue weighted by Crippen LogP contribution is -2.54. The topological polar surface area (TPSA) is 107 Å². The predicted molar refractivity (Wildman–Crippen MR) is 107 cm³/mol. The number of hydrogen-bond acceptors (Lipinski definition) is 7. The number of amides is 2. The van der Waals surface area contributed by atoms with Crippen LogP contribution in [0.15, 0.2) is 41.1 Å². The summed E-state index contributed by atoms with van der Waals surface area (Å²) in [6, 6.07) is 9.16. The van der Waals surface area contributed by atoms with Crippen molar-refractivity contribution in [3.63, 3.8) is 0 Å². The average molecular weight is 416 g/mol. The van der Waals surface area contributed by atoms with Gasteiger partial charge in [0.1, 0.15) is 12.2 Å². The molecule has 1 aromatic carbocycles. The maximum Gasteiger partial charge on any atom is 0.429 e. The number of carbonyl (C=O) groups excluding carboxylic acids is 2. The van der Waals surface area contributed by atoms with Gasteiger partial charge in [-0.2, -0.15) is 0 Å². The Balaban J connectivity index is 1.64. The second-order valence-electron chi connectivity index (χ2n) is 8.31. The lowest BCUT2D eigenvalue weighted by atomic mass is 9.86. The van der Waals surface area contributed by atoms with Crippen molar-refractivity contribution in [2.45, 2.75) is 70.6 Å². The normalized spacial score (nSPS) is 19.0. The second-order valence-corrected chi connectivity index (χ2v) is 8.31. The highest BCUT2D eigenvalue weighted by Crippen LogP contribution is 2.33. The van der Waals surface area contributed by atoms with Gasteiger partial charge in [-0.05, 0) is 52.0 Å². The lowest BCUT2D eigenvalue weighted by molar-refractivity contribution is 0.0114. The van der Waals surface area contributed by atoms with E-state index in [1.807, 2.05) is 30.3 Å². The molecule has 1 aromatic heterocycles. The van der Waals surface area contributed by atoms with Crippen molar-refractivity contribution in [2.24, 2.45) is 0 Å². The van der Waals surface area contributed by atoms with Gasteiger partial charge < -0.3 is 13.9 Å². The summed E-state index contributed by atoms with van der Waals surface area (Å²) in [5, 5.41) is 8.97. The van der Waals surface area contributed by atoms with Crippen LogP contribution in [0, 0.1) is 0 Å². The van der Waals surface area contributed by atoms with Gasteiger partial charge in [0.05, 0.1) is 6.04 Å². The maximum absolute atomic E-state index is 12.8. The van der Waals surface area contributed by atoms with E-state index in [1.54, 1.807) is 20.8 Å². The molecule has 0 atom stereocenters. The van der Waals surface area contributed by atoms with Crippen molar-refractivity contribution < 1.29 is 23.5 Å². The van der Waals surface area contributed by atoms with E-state index in [-0.39, 0.29) is 18.6 Å². The van der Waals surface area contributed by atoms with E-state index < -0.39 is 17.8 Å². The lowest BCUT2D eigenvalue weighted by Gasteiger charge is -2.35. The molecular formula is C21H28N4O5. The Morgan fingerprint density at radius 3 is 2.47 bits per heavy atom. The van der Waals surface area contributed by atoms with E-state index >= 15 is 0 Å². The van der Waals surface area contributed by atoms with Gasteiger partial charge in [-0.3, -0.25) is 0 Å². The fourth-order valence-electron chi connectivity index (χ4n) is 3.41.